The number of hydrogen-bond donors (Lipinski definition) is 2. The van der Waals surface area contributed by atoms with Gasteiger partial charge in [0.1, 0.15) is 5.82 Å². The molecule has 0 aliphatic heterocycles. The molecular formula is C15H13FN4OS2. The minimum absolute atomic E-state index is 0.150. The maximum atomic E-state index is 13.2. The monoisotopic (exact) mass is 348 g/mol. The molecule has 8 heteroatoms. The van der Waals surface area contributed by atoms with Gasteiger partial charge < -0.3 is 5.32 Å². The Morgan fingerprint density at radius 2 is 2.30 bits per heavy atom. The van der Waals surface area contributed by atoms with E-state index >= 15 is 0 Å². The Labute approximate surface area is 140 Å². The zero-order valence-electron chi connectivity index (χ0n) is 12.2. The topological polar surface area (TPSA) is 70.7 Å². The summed E-state index contributed by atoms with van der Waals surface area (Å²) in [5, 5.41) is 12.1. The number of carbonyl (C=O) groups excluding carboxylic acids is 1. The summed E-state index contributed by atoms with van der Waals surface area (Å²) in [4.78, 5) is 17.3. The van der Waals surface area contributed by atoms with Crippen LogP contribution in [0.3, 0.4) is 0 Å². The van der Waals surface area contributed by atoms with Gasteiger partial charge in [-0.15, -0.1) is 16.4 Å². The number of benzene rings is 1. The van der Waals surface area contributed by atoms with Gasteiger partial charge in [-0.2, -0.15) is 0 Å². The third kappa shape index (κ3) is 3.96. The molecule has 0 unspecified atom stereocenters. The number of aryl methyl sites for hydroxylation is 1. The number of halogens is 1. The lowest BCUT2D eigenvalue weighted by molar-refractivity contribution is -0.113. The molecule has 3 aromatic rings. The lowest BCUT2D eigenvalue weighted by Crippen LogP contribution is -2.15. The fraction of sp³-hybridized carbons (Fsp3) is 0.133. The molecule has 2 N–H and O–H groups in total. The average Bonchev–Trinajstić information content (AvgIpc) is 3.19. The van der Waals surface area contributed by atoms with E-state index in [1.165, 1.54) is 23.9 Å². The number of nitrogens with one attached hydrogen (secondary N) is 2. The first-order valence-corrected chi connectivity index (χ1v) is 8.63. The van der Waals surface area contributed by atoms with Gasteiger partial charge in [-0.1, -0.05) is 23.9 Å². The van der Waals surface area contributed by atoms with E-state index in [0.717, 1.165) is 10.4 Å². The molecule has 0 saturated heterocycles. The first-order chi connectivity index (χ1) is 11.1. The van der Waals surface area contributed by atoms with Gasteiger partial charge >= 0.3 is 0 Å². The predicted octanol–water partition coefficient (Wildman–Crippen LogP) is 3.71. The number of amides is 1. The second-order valence-corrected chi connectivity index (χ2v) is 6.63. The summed E-state index contributed by atoms with van der Waals surface area (Å²) in [6, 6.07) is 8.17. The van der Waals surface area contributed by atoms with E-state index in [1.807, 2.05) is 24.4 Å². The normalized spacial score (nSPS) is 10.7. The van der Waals surface area contributed by atoms with Crippen LogP contribution >= 0.6 is 23.1 Å². The number of hydrogen-bond acceptors (Lipinski definition) is 5. The van der Waals surface area contributed by atoms with Crippen LogP contribution in [0.5, 0.6) is 0 Å². The molecule has 0 atom stereocenters. The molecule has 2 aromatic heterocycles. The number of carbonyl (C=O) groups is 1. The van der Waals surface area contributed by atoms with Gasteiger partial charge in [0.05, 0.1) is 10.6 Å². The molecule has 0 aliphatic rings. The molecule has 1 amide bonds. The fourth-order valence-corrected chi connectivity index (χ4v) is 3.14. The van der Waals surface area contributed by atoms with Crippen molar-refractivity contribution in [3.63, 3.8) is 0 Å². The molecule has 23 heavy (non-hydrogen) atoms. The number of aromatic amines is 1. The third-order valence-electron chi connectivity index (χ3n) is 3.03. The van der Waals surface area contributed by atoms with E-state index < -0.39 is 0 Å². The summed E-state index contributed by atoms with van der Waals surface area (Å²) in [6.07, 6.45) is 0. The number of H-pyrrole nitrogens is 1. The van der Waals surface area contributed by atoms with Crippen molar-refractivity contribution in [1.29, 1.82) is 0 Å². The Morgan fingerprint density at radius 1 is 1.43 bits per heavy atom. The fourth-order valence-electron chi connectivity index (χ4n) is 1.88. The van der Waals surface area contributed by atoms with Crippen molar-refractivity contribution in [2.75, 3.05) is 11.1 Å². The van der Waals surface area contributed by atoms with Crippen molar-refractivity contribution in [3.8, 4) is 10.7 Å². The highest BCUT2D eigenvalue weighted by Crippen LogP contribution is 2.23. The minimum Gasteiger partial charge on any atom is -0.325 e. The smallest absolute Gasteiger partial charge is 0.234 e. The molecule has 0 spiro atoms. The summed E-state index contributed by atoms with van der Waals surface area (Å²) in [5.74, 6) is 0.223. The van der Waals surface area contributed by atoms with Gasteiger partial charge in [-0.3, -0.25) is 9.89 Å². The number of nitrogens with zero attached hydrogens (tertiary/aromatic N) is 2. The summed E-state index contributed by atoms with van der Waals surface area (Å²) >= 11 is 2.78. The highest BCUT2D eigenvalue weighted by atomic mass is 32.2. The molecule has 1 aromatic carbocycles. The Kier molecular flexibility index (Phi) is 4.73. The van der Waals surface area contributed by atoms with Gasteiger partial charge in [-0.25, -0.2) is 9.37 Å². The third-order valence-corrected chi connectivity index (χ3v) is 4.75. The quantitative estimate of drug-likeness (QED) is 0.690. The summed E-state index contributed by atoms with van der Waals surface area (Å²) in [5.41, 5.74) is 1.28. The zero-order valence-corrected chi connectivity index (χ0v) is 13.8. The summed E-state index contributed by atoms with van der Waals surface area (Å²) < 4.78 is 13.2. The van der Waals surface area contributed by atoms with Gasteiger partial charge in [0, 0.05) is 5.69 Å². The molecule has 3 rings (SSSR count). The highest BCUT2D eigenvalue weighted by molar-refractivity contribution is 7.99. The number of thioether (sulfide) groups is 1. The highest BCUT2D eigenvalue weighted by Gasteiger charge is 2.11. The lowest BCUT2D eigenvalue weighted by atomic mass is 10.2. The standard InChI is InChI=1S/C15H13FN4OS2/c1-9-4-5-10(16)7-11(9)17-13(21)8-23-15-18-14(19-20-15)12-3-2-6-22-12/h2-7H,8H2,1H3,(H,17,21)(H,18,19,20). The molecule has 118 valence electrons. The molecular weight excluding hydrogens is 335 g/mol. The lowest BCUT2D eigenvalue weighted by Gasteiger charge is -2.07. The van der Waals surface area contributed by atoms with Crippen molar-refractivity contribution < 1.29 is 9.18 Å². The minimum atomic E-state index is -0.381. The molecule has 2 heterocycles. The first kappa shape index (κ1) is 15.7. The van der Waals surface area contributed by atoms with Crippen molar-refractivity contribution >= 4 is 34.7 Å². The summed E-state index contributed by atoms with van der Waals surface area (Å²) in [6.45, 7) is 1.81. The Morgan fingerprint density at radius 3 is 3.09 bits per heavy atom. The maximum absolute atomic E-state index is 13.2. The van der Waals surface area contributed by atoms with Gasteiger partial charge in [-0.05, 0) is 36.1 Å². The maximum Gasteiger partial charge on any atom is 0.234 e. The van der Waals surface area contributed by atoms with Crippen LogP contribution in [-0.4, -0.2) is 26.8 Å². The number of aromatic nitrogens is 3. The Hall–Kier alpha value is -2.19. The van der Waals surface area contributed by atoms with E-state index in [0.29, 0.717) is 16.7 Å². The van der Waals surface area contributed by atoms with E-state index in [2.05, 4.69) is 20.5 Å². The molecule has 5 nitrogen and oxygen atoms in total. The number of anilines is 1. The Balaban J connectivity index is 1.58. The average molecular weight is 348 g/mol. The zero-order chi connectivity index (χ0) is 16.2. The molecule has 0 bridgehead atoms. The van der Waals surface area contributed by atoms with E-state index in [9.17, 15) is 9.18 Å². The van der Waals surface area contributed by atoms with E-state index in [1.54, 1.807) is 17.4 Å². The molecule has 0 aliphatic carbocycles. The van der Waals surface area contributed by atoms with Crippen LogP contribution in [0, 0.1) is 12.7 Å². The van der Waals surface area contributed by atoms with Gasteiger partial charge in [0.25, 0.3) is 0 Å². The SMILES string of the molecule is Cc1ccc(F)cc1NC(=O)CSc1n[nH]c(-c2cccs2)n1. The van der Waals surface area contributed by atoms with E-state index in [-0.39, 0.29) is 17.5 Å². The summed E-state index contributed by atoms with van der Waals surface area (Å²) in [7, 11) is 0. The second kappa shape index (κ2) is 6.93. The van der Waals surface area contributed by atoms with Crippen LogP contribution in [0.1, 0.15) is 5.56 Å². The van der Waals surface area contributed by atoms with Gasteiger partial charge in [0.15, 0.2) is 5.82 Å². The van der Waals surface area contributed by atoms with Gasteiger partial charge in [0.2, 0.25) is 11.1 Å². The second-order valence-electron chi connectivity index (χ2n) is 4.74. The van der Waals surface area contributed by atoms with Crippen LogP contribution in [0.2, 0.25) is 0 Å². The predicted molar refractivity (Wildman–Crippen MR) is 90.2 cm³/mol. The van der Waals surface area contributed by atoms with Crippen molar-refractivity contribution in [1.82, 2.24) is 15.2 Å². The van der Waals surface area contributed by atoms with Crippen LogP contribution in [0.15, 0.2) is 40.9 Å². The molecule has 0 radical (unpaired) electrons. The van der Waals surface area contributed by atoms with Crippen LogP contribution in [0.4, 0.5) is 10.1 Å². The van der Waals surface area contributed by atoms with E-state index in [4.69, 9.17) is 0 Å². The Bertz CT molecular complexity index is 817. The van der Waals surface area contributed by atoms with Crippen molar-refractivity contribution in [2.24, 2.45) is 0 Å². The molecule has 0 fully saturated rings. The molecule has 0 saturated carbocycles. The van der Waals surface area contributed by atoms with Crippen LogP contribution < -0.4 is 5.32 Å². The number of thiophene rings is 1. The largest absolute Gasteiger partial charge is 0.325 e. The van der Waals surface area contributed by atoms with Crippen molar-refractivity contribution in [3.05, 3.63) is 47.1 Å². The van der Waals surface area contributed by atoms with Crippen LogP contribution in [-0.2, 0) is 4.79 Å². The van der Waals surface area contributed by atoms with Crippen LogP contribution in [0.25, 0.3) is 10.7 Å². The number of rotatable bonds is 5. The van der Waals surface area contributed by atoms with Crippen molar-refractivity contribution in [2.45, 2.75) is 12.1 Å². The first-order valence-electron chi connectivity index (χ1n) is 6.77.